The van der Waals surface area contributed by atoms with Crippen LogP contribution in [0.15, 0.2) is 0 Å². The van der Waals surface area contributed by atoms with Gasteiger partial charge in [-0.15, -0.1) is 24.8 Å². The van der Waals surface area contributed by atoms with E-state index in [0.29, 0.717) is 5.91 Å². The van der Waals surface area contributed by atoms with Gasteiger partial charge in [-0.3, -0.25) is 4.79 Å². The number of carbonyl (C=O) groups is 1. The molecule has 1 N–H and O–H groups in total. The van der Waals surface area contributed by atoms with E-state index < -0.39 is 0 Å². The Morgan fingerprint density at radius 1 is 0.913 bits per heavy atom. The van der Waals surface area contributed by atoms with Crippen LogP contribution in [0.4, 0.5) is 0 Å². The van der Waals surface area contributed by atoms with Crippen LogP contribution < -0.4 is 5.32 Å². The van der Waals surface area contributed by atoms with Crippen LogP contribution in [0.3, 0.4) is 0 Å². The molecule has 0 unspecified atom stereocenters. The zero-order valence-electron chi connectivity index (χ0n) is 14.2. The largest absolute Gasteiger partial charge is 0.343 e. The summed E-state index contributed by atoms with van der Waals surface area (Å²) in [6.45, 7) is 6.83. The first-order valence-corrected chi connectivity index (χ1v) is 9.05. The topological polar surface area (TPSA) is 35.6 Å². The van der Waals surface area contributed by atoms with Gasteiger partial charge in [0.15, 0.2) is 0 Å². The standard InChI is InChI=1S/C17H31N3O.2ClH/c21-17(4-3-15-5-9-18-10-6-15)20-13-7-16(8-14-20)19-11-1-2-12-19;;/h15-16,18H,1-14H2;2*1H. The van der Waals surface area contributed by atoms with Crippen molar-refractivity contribution < 1.29 is 4.79 Å². The van der Waals surface area contributed by atoms with Gasteiger partial charge in [-0.2, -0.15) is 0 Å². The van der Waals surface area contributed by atoms with E-state index in [9.17, 15) is 4.79 Å². The molecule has 3 fully saturated rings. The number of hydrogen-bond acceptors (Lipinski definition) is 3. The minimum absolute atomic E-state index is 0. The first-order valence-electron chi connectivity index (χ1n) is 9.05. The zero-order chi connectivity index (χ0) is 14.5. The van der Waals surface area contributed by atoms with E-state index in [1.54, 1.807) is 0 Å². The molecule has 0 aromatic heterocycles. The van der Waals surface area contributed by atoms with Gasteiger partial charge in [0, 0.05) is 25.6 Å². The Labute approximate surface area is 153 Å². The summed E-state index contributed by atoms with van der Waals surface area (Å²) >= 11 is 0. The van der Waals surface area contributed by atoms with Crippen LogP contribution in [0, 0.1) is 5.92 Å². The minimum Gasteiger partial charge on any atom is -0.343 e. The van der Waals surface area contributed by atoms with Crippen LogP contribution in [0.5, 0.6) is 0 Å². The van der Waals surface area contributed by atoms with Crippen molar-refractivity contribution in [2.24, 2.45) is 5.92 Å². The minimum atomic E-state index is 0. The monoisotopic (exact) mass is 365 g/mol. The highest BCUT2D eigenvalue weighted by atomic mass is 35.5. The number of nitrogens with one attached hydrogen (secondary N) is 1. The summed E-state index contributed by atoms with van der Waals surface area (Å²) in [5.74, 6) is 1.19. The molecule has 3 aliphatic rings. The van der Waals surface area contributed by atoms with Crippen molar-refractivity contribution in [1.29, 1.82) is 0 Å². The van der Waals surface area contributed by atoms with Crippen molar-refractivity contribution in [3.63, 3.8) is 0 Å². The van der Waals surface area contributed by atoms with E-state index >= 15 is 0 Å². The van der Waals surface area contributed by atoms with Crippen molar-refractivity contribution >= 4 is 30.7 Å². The van der Waals surface area contributed by atoms with Gasteiger partial charge in [0.25, 0.3) is 0 Å². The second kappa shape index (κ2) is 10.8. The summed E-state index contributed by atoms with van der Waals surface area (Å²) in [5.41, 5.74) is 0. The number of piperidine rings is 2. The average Bonchev–Trinajstić information content (AvgIpc) is 3.08. The third-order valence-electron chi connectivity index (χ3n) is 5.70. The molecule has 6 heteroatoms. The molecule has 4 nitrogen and oxygen atoms in total. The van der Waals surface area contributed by atoms with Crippen molar-refractivity contribution in [3.8, 4) is 0 Å². The van der Waals surface area contributed by atoms with Gasteiger partial charge in [0.1, 0.15) is 0 Å². The predicted octanol–water partition coefficient (Wildman–Crippen LogP) is 2.70. The maximum absolute atomic E-state index is 12.4. The fraction of sp³-hybridized carbons (Fsp3) is 0.941. The first kappa shape index (κ1) is 21.0. The molecule has 0 aliphatic carbocycles. The lowest BCUT2D eigenvalue weighted by molar-refractivity contribution is -0.133. The molecule has 3 heterocycles. The van der Waals surface area contributed by atoms with Crippen molar-refractivity contribution in [2.45, 2.75) is 57.4 Å². The third kappa shape index (κ3) is 6.08. The van der Waals surface area contributed by atoms with E-state index in [4.69, 9.17) is 0 Å². The molecule has 0 radical (unpaired) electrons. The van der Waals surface area contributed by atoms with Crippen molar-refractivity contribution in [3.05, 3.63) is 0 Å². The van der Waals surface area contributed by atoms with E-state index in [-0.39, 0.29) is 24.8 Å². The lowest BCUT2D eigenvalue weighted by Gasteiger charge is -2.37. The summed E-state index contributed by atoms with van der Waals surface area (Å²) in [6.07, 6.45) is 9.52. The number of likely N-dealkylation sites (tertiary alicyclic amines) is 2. The molecule has 3 saturated heterocycles. The Balaban J connectivity index is 0.00000132. The highest BCUT2D eigenvalue weighted by molar-refractivity contribution is 5.85. The Morgan fingerprint density at radius 2 is 1.52 bits per heavy atom. The number of rotatable bonds is 4. The molecule has 0 spiro atoms. The van der Waals surface area contributed by atoms with Gasteiger partial charge in [-0.1, -0.05) is 0 Å². The second-order valence-corrected chi connectivity index (χ2v) is 7.09. The van der Waals surface area contributed by atoms with Crippen LogP contribution in [0.1, 0.15) is 51.4 Å². The van der Waals surface area contributed by atoms with E-state index in [1.807, 2.05) is 0 Å². The van der Waals surface area contributed by atoms with Crippen LogP contribution in [-0.4, -0.2) is 61.0 Å². The molecule has 3 aliphatic heterocycles. The van der Waals surface area contributed by atoms with E-state index in [1.165, 1.54) is 51.6 Å². The van der Waals surface area contributed by atoms with Gasteiger partial charge in [0.05, 0.1) is 0 Å². The van der Waals surface area contributed by atoms with Crippen LogP contribution in [-0.2, 0) is 4.79 Å². The maximum atomic E-state index is 12.4. The molecule has 0 aromatic carbocycles. The maximum Gasteiger partial charge on any atom is 0.222 e. The molecule has 136 valence electrons. The highest BCUT2D eigenvalue weighted by Crippen LogP contribution is 2.23. The van der Waals surface area contributed by atoms with Gasteiger partial charge < -0.3 is 15.1 Å². The van der Waals surface area contributed by atoms with Gasteiger partial charge in [-0.25, -0.2) is 0 Å². The molecule has 0 atom stereocenters. The Kier molecular flexibility index (Phi) is 9.83. The summed E-state index contributed by atoms with van der Waals surface area (Å²) in [7, 11) is 0. The van der Waals surface area contributed by atoms with Crippen LogP contribution >= 0.6 is 24.8 Å². The predicted molar refractivity (Wildman–Crippen MR) is 99.7 cm³/mol. The normalized spacial score (nSPS) is 24.1. The second-order valence-electron chi connectivity index (χ2n) is 7.09. The molecule has 23 heavy (non-hydrogen) atoms. The molecule has 0 aromatic rings. The van der Waals surface area contributed by atoms with Crippen LogP contribution in [0.2, 0.25) is 0 Å². The summed E-state index contributed by atoms with van der Waals surface area (Å²) in [4.78, 5) is 17.1. The lowest BCUT2D eigenvalue weighted by atomic mass is 9.92. The molecule has 0 bridgehead atoms. The van der Waals surface area contributed by atoms with E-state index in [0.717, 1.165) is 51.0 Å². The number of amides is 1. The van der Waals surface area contributed by atoms with Gasteiger partial charge >= 0.3 is 0 Å². The van der Waals surface area contributed by atoms with Crippen molar-refractivity contribution in [2.75, 3.05) is 39.3 Å². The number of carbonyl (C=O) groups excluding carboxylic acids is 1. The lowest BCUT2D eigenvalue weighted by Crippen LogP contribution is -2.46. The fourth-order valence-corrected chi connectivity index (χ4v) is 4.24. The SMILES string of the molecule is Cl.Cl.O=C(CCC1CCNCC1)N1CCC(N2CCCC2)CC1. The first-order chi connectivity index (χ1) is 10.3. The molecular formula is C17H33Cl2N3O. The Hall–Kier alpha value is -0.0300. The van der Waals surface area contributed by atoms with E-state index in [2.05, 4.69) is 15.1 Å². The summed E-state index contributed by atoms with van der Waals surface area (Å²) in [6, 6.07) is 0.751. The molecule has 1 amide bonds. The number of hydrogen-bond donors (Lipinski definition) is 1. The average molecular weight is 366 g/mol. The highest BCUT2D eigenvalue weighted by Gasteiger charge is 2.28. The van der Waals surface area contributed by atoms with Crippen molar-refractivity contribution in [1.82, 2.24) is 15.1 Å². The van der Waals surface area contributed by atoms with Gasteiger partial charge in [-0.05, 0) is 77.0 Å². The number of nitrogens with zero attached hydrogens (tertiary/aromatic N) is 2. The molecule has 0 saturated carbocycles. The number of halogens is 2. The zero-order valence-corrected chi connectivity index (χ0v) is 15.8. The Morgan fingerprint density at radius 3 is 2.13 bits per heavy atom. The molecular weight excluding hydrogens is 333 g/mol. The Bertz CT molecular complexity index is 337. The summed E-state index contributed by atoms with van der Waals surface area (Å²) < 4.78 is 0. The smallest absolute Gasteiger partial charge is 0.222 e. The van der Waals surface area contributed by atoms with Crippen LogP contribution in [0.25, 0.3) is 0 Å². The molecule has 3 rings (SSSR count). The fourth-order valence-electron chi connectivity index (χ4n) is 4.24. The quantitative estimate of drug-likeness (QED) is 0.831. The van der Waals surface area contributed by atoms with Gasteiger partial charge in [0.2, 0.25) is 5.91 Å². The summed E-state index contributed by atoms with van der Waals surface area (Å²) in [5, 5.41) is 3.40. The third-order valence-corrected chi connectivity index (χ3v) is 5.70.